The maximum atomic E-state index is 5.74. The minimum absolute atomic E-state index is 0.155. The van der Waals surface area contributed by atoms with Crippen molar-refractivity contribution in [3.63, 3.8) is 0 Å². The van der Waals surface area contributed by atoms with Gasteiger partial charge in [0.25, 0.3) is 0 Å². The van der Waals surface area contributed by atoms with Gasteiger partial charge in [-0.2, -0.15) is 0 Å². The minimum Gasteiger partial charge on any atom is -0.370 e. The van der Waals surface area contributed by atoms with Crippen molar-refractivity contribution < 1.29 is 4.74 Å². The second kappa shape index (κ2) is 4.34. The molecule has 2 heterocycles. The second-order valence-corrected chi connectivity index (χ2v) is 4.36. The first-order valence-corrected chi connectivity index (χ1v) is 6.08. The second-order valence-electron chi connectivity index (χ2n) is 4.36. The van der Waals surface area contributed by atoms with Crippen LogP contribution >= 0.6 is 0 Å². The molecule has 3 rings (SSSR count). The molecule has 1 aromatic carbocycles. The van der Waals surface area contributed by atoms with E-state index in [9.17, 15) is 0 Å². The van der Waals surface area contributed by atoms with Crippen molar-refractivity contribution in [1.82, 2.24) is 9.55 Å². The monoisotopic (exact) mass is 228 g/mol. The fraction of sp³-hybridized carbons (Fsp3) is 0.357. The van der Waals surface area contributed by atoms with Gasteiger partial charge in [-0.05, 0) is 25.0 Å². The van der Waals surface area contributed by atoms with E-state index < -0.39 is 0 Å². The Balaban J connectivity index is 2.14. The molecule has 0 aliphatic carbocycles. The highest BCUT2D eigenvalue weighted by molar-refractivity contribution is 5.76. The highest BCUT2D eigenvalue weighted by Crippen LogP contribution is 2.30. The van der Waals surface area contributed by atoms with Gasteiger partial charge in [0.15, 0.2) is 0 Å². The molecule has 3 nitrogen and oxygen atoms in total. The molecule has 1 aliphatic rings. The van der Waals surface area contributed by atoms with Crippen LogP contribution in [0.25, 0.3) is 11.0 Å². The van der Waals surface area contributed by atoms with E-state index in [4.69, 9.17) is 9.72 Å². The molecule has 0 N–H and O–H groups in total. The zero-order chi connectivity index (χ0) is 11.7. The molecule has 1 aromatic heterocycles. The molecule has 0 spiro atoms. The van der Waals surface area contributed by atoms with E-state index in [0.717, 1.165) is 42.9 Å². The van der Waals surface area contributed by atoms with Crippen molar-refractivity contribution in [3.8, 4) is 0 Å². The summed E-state index contributed by atoms with van der Waals surface area (Å²) in [5.74, 6) is 1.05. The Hall–Kier alpha value is -1.61. The van der Waals surface area contributed by atoms with E-state index >= 15 is 0 Å². The third-order valence-corrected chi connectivity index (χ3v) is 3.21. The van der Waals surface area contributed by atoms with Crippen LogP contribution in [0.4, 0.5) is 0 Å². The van der Waals surface area contributed by atoms with E-state index in [-0.39, 0.29) is 6.10 Å². The zero-order valence-electron chi connectivity index (χ0n) is 9.80. The van der Waals surface area contributed by atoms with Gasteiger partial charge in [-0.15, -0.1) is 6.58 Å². The SMILES string of the molecule is C=CCn1c([C@@H]2CCCO2)nc2ccccc21. The summed E-state index contributed by atoms with van der Waals surface area (Å²) in [5, 5.41) is 0. The van der Waals surface area contributed by atoms with E-state index in [1.807, 2.05) is 24.3 Å². The smallest absolute Gasteiger partial charge is 0.139 e. The van der Waals surface area contributed by atoms with E-state index in [2.05, 4.69) is 17.2 Å². The molecule has 0 radical (unpaired) electrons. The number of aromatic nitrogens is 2. The number of allylic oxidation sites excluding steroid dienone is 1. The quantitative estimate of drug-likeness (QED) is 0.755. The van der Waals surface area contributed by atoms with Gasteiger partial charge in [-0.3, -0.25) is 0 Å². The Morgan fingerprint density at radius 3 is 3.12 bits per heavy atom. The number of rotatable bonds is 3. The van der Waals surface area contributed by atoms with Crippen molar-refractivity contribution in [2.75, 3.05) is 6.61 Å². The summed E-state index contributed by atoms with van der Waals surface area (Å²) in [5.41, 5.74) is 2.21. The molecule has 2 aromatic rings. The lowest BCUT2D eigenvalue weighted by Crippen LogP contribution is -2.07. The molecule has 1 saturated heterocycles. The molecular formula is C14H16N2O. The van der Waals surface area contributed by atoms with Gasteiger partial charge in [-0.1, -0.05) is 18.2 Å². The van der Waals surface area contributed by atoms with Crippen LogP contribution in [0.2, 0.25) is 0 Å². The molecule has 0 unspecified atom stereocenters. The van der Waals surface area contributed by atoms with Crippen LogP contribution < -0.4 is 0 Å². The van der Waals surface area contributed by atoms with Gasteiger partial charge in [0.2, 0.25) is 0 Å². The van der Waals surface area contributed by atoms with Crippen LogP contribution in [0.15, 0.2) is 36.9 Å². The zero-order valence-corrected chi connectivity index (χ0v) is 9.80. The number of para-hydroxylation sites is 2. The molecule has 88 valence electrons. The standard InChI is InChI=1S/C14H16N2O/c1-2-9-16-12-7-4-3-6-11(12)15-14(16)13-8-5-10-17-13/h2-4,6-7,13H,1,5,8-10H2/t13-/m0/s1. The van der Waals surface area contributed by atoms with Gasteiger partial charge < -0.3 is 9.30 Å². The molecule has 0 amide bonds. The summed E-state index contributed by atoms with van der Waals surface area (Å²) in [6.45, 7) is 5.46. The fourth-order valence-corrected chi connectivity index (χ4v) is 2.44. The molecule has 17 heavy (non-hydrogen) atoms. The van der Waals surface area contributed by atoms with Gasteiger partial charge in [0, 0.05) is 13.2 Å². The normalized spacial score (nSPS) is 19.9. The van der Waals surface area contributed by atoms with Crippen LogP contribution in [0, 0.1) is 0 Å². The van der Waals surface area contributed by atoms with Gasteiger partial charge >= 0.3 is 0 Å². The highest BCUT2D eigenvalue weighted by Gasteiger charge is 2.23. The predicted octanol–water partition coefficient (Wildman–Crippen LogP) is 3.07. The molecule has 1 fully saturated rings. The molecular weight excluding hydrogens is 212 g/mol. The average molecular weight is 228 g/mol. The number of hydrogen-bond donors (Lipinski definition) is 0. The molecule has 1 atom stereocenters. The van der Waals surface area contributed by atoms with Crippen molar-refractivity contribution in [2.45, 2.75) is 25.5 Å². The van der Waals surface area contributed by atoms with Gasteiger partial charge in [0.05, 0.1) is 11.0 Å². The first-order valence-electron chi connectivity index (χ1n) is 6.08. The molecule has 3 heteroatoms. The lowest BCUT2D eigenvalue weighted by Gasteiger charge is -2.11. The van der Waals surface area contributed by atoms with Crippen LogP contribution in [-0.2, 0) is 11.3 Å². The van der Waals surface area contributed by atoms with Crippen LogP contribution in [-0.4, -0.2) is 16.2 Å². The van der Waals surface area contributed by atoms with Crippen molar-refractivity contribution in [2.24, 2.45) is 0 Å². The predicted molar refractivity (Wildman–Crippen MR) is 67.9 cm³/mol. The summed E-state index contributed by atoms with van der Waals surface area (Å²) < 4.78 is 7.94. The summed E-state index contributed by atoms with van der Waals surface area (Å²) >= 11 is 0. The number of hydrogen-bond acceptors (Lipinski definition) is 2. The summed E-state index contributed by atoms with van der Waals surface area (Å²) in [4.78, 5) is 4.70. The van der Waals surface area contributed by atoms with Crippen LogP contribution in [0.1, 0.15) is 24.8 Å². The Morgan fingerprint density at radius 2 is 2.35 bits per heavy atom. The Bertz CT molecular complexity index is 538. The Morgan fingerprint density at radius 1 is 1.47 bits per heavy atom. The number of ether oxygens (including phenoxy) is 1. The van der Waals surface area contributed by atoms with Crippen LogP contribution in [0.5, 0.6) is 0 Å². The van der Waals surface area contributed by atoms with Crippen molar-refractivity contribution in [1.29, 1.82) is 0 Å². The summed E-state index contributed by atoms with van der Waals surface area (Å²) in [7, 11) is 0. The average Bonchev–Trinajstić information content (AvgIpc) is 2.97. The Labute approximate surface area is 101 Å². The first kappa shape index (κ1) is 10.5. The largest absolute Gasteiger partial charge is 0.370 e. The number of nitrogens with zero attached hydrogens (tertiary/aromatic N) is 2. The summed E-state index contributed by atoms with van der Waals surface area (Å²) in [6, 6.07) is 8.22. The van der Waals surface area contributed by atoms with Crippen molar-refractivity contribution >= 4 is 11.0 Å². The summed E-state index contributed by atoms with van der Waals surface area (Å²) in [6.07, 6.45) is 4.26. The van der Waals surface area contributed by atoms with E-state index in [1.165, 1.54) is 0 Å². The highest BCUT2D eigenvalue weighted by atomic mass is 16.5. The Kier molecular flexibility index (Phi) is 2.69. The first-order chi connectivity index (χ1) is 8.40. The molecule has 1 aliphatic heterocycles. The van der Waals surface area contributed by atoms with Gasteiger partial charge in [-0.25, -0.2) is 4.98 Å². The number of benzene rings is 1. The fourth-order valence-electron chi connectivity index (χ4n) is 2.44. The van der Waals surface area contributed by atoms with Crippen molar-refractivity contribution in [3.05, 3.63) is 42.7 Å². The maximum Gasteiger partial charge on any atom is 0.139 e. The lowest BCUT2D eigenvalue weighted by molar-refractivity contribution is 0.103. The number of imidazole rings is 1. The van der Waals surface area contributed by atoms with Crippen LogP contribution in [0.3, 0.4) is 0 Å². The maximum absolute atomic E-state index is 5.74. The third-order valence-electron chi connectivity index (χ3n) is 3.21. The molecule has 0 bridgehead atoms. The van der Waals surface area contributed by atoms with Gasteiger partial charge in [0.1, 0.15) is 11.9 Å². The van der Waals surface area contributed by atoms with E-state index in [1.54, 1.807) is 0 Å². The lowest BCUT2D eigenvalue weighted by atomic mass is 10.2. The third kappa shape index (κ3) is 1.76. The number of fused-ring (bicyclic) bond motifs is 1. The minimum atomic E-state index is 0.155. The van der Waals surface area contributed by atoms with E-state index in [0.29, 0.717) is 0 Å². The topological polar surface area (TPSA) is 27.1 Å². The molecule has 0 saturated carbocycles.